The van der Waals surface area contributed by atoms with E-state index in [2.05, 4.69) is 0 Å². The number of ether oxygens (including phenoxy) is 1. The predicted molar refractivity (Wildman–Crippen MR) is 94.4 cm³/mol. The van der Waals surface area contributed by atoms with Crippen molar-refractivity contribution in [3.8, 4) is 11.5 Å². The molecule has 1 aromatic heterocycles. The Morgan fingerprint density at radius 3 is 2.48 bits per heavy atom. The Kier molecular flexibility index (Phi) is 4.14. The third kappa shape index (κ3) is 2.82. The Bertz CT molecular complexity index is 1160. The lowest BCUT2D eigenvalue weighted by Crippen LogP contribution is -2.21. The number of fused-ring (bicyclic) bond motifs is 2. The number of methoxy groups -OCH3 is 1. The van der Waals surface area contributed by atoms with Crippen molar-refractivity contribution in [2.75, 3.05) is 7.11 Å². The molecule has 0 radical (unpaired) electrons. The van der Waals surface area contributed by atoms with Gasteiger partial charge in [-0.25, -0.2) is 8.42 Å². The summed E-state index contributed by atoms with van der Waals surface area (Å²) in [5, 5.41) is 9.85. The smallest absolute Gasteiger partial charge is 0.398 e. The maximum absolute atomic E-state index is 13.4. The summed E-state index contributed by atoms with van der Waals surface area (Å²) in [6.07, 6.45) is 0. The standard InChI is InChI=1S/C15H9F2IO6S/c1-23-7-2-3-9-11(4-7)24-12-6-8(25(21,22)15(16,17)18)5-10(19)13(12)14(9)20/h2-6,19H,1H3. The summed E-state index contributed by atoms with van der Waals surface area (Å²) < 4.78 is 56.9. The molecular weight excluding hydrogens is 473 g/mol. The third-order valence-corrected chi connectivity index (χ3v) is 6.76. The molecule has 0 bridgehead atoms. The Hall–Kier alpha value is -1.95. The van der Waals surface area contributed by atoms with Gasteiger partial charge in [-0.1, -0.05) is 0 Å². The molecule has 1 N–H and O–H groups in total. The van der Waals surface area contributed by atoms with Crippen LogP contribution in [-0.4, -0.2) is 23.9 Å². The van der Waals surface area contributed by atoms with Crippen LogP contribution in [0.4, 0.5) is 8.78 Å². The van der Waals surface area contributed by atoms with Crippen molar-refractivity contribution in [2.24, 2.45) is 0 Å². The van der Waals surface area contributed by atoms with E-state index in [1.54, 1.807) is 0 Å². The zero-order chi connectivity index (χ0) is 18.6. The van der Waals surface area contributed by atoms with Crippen LogP contribution in [0, 0.1) is 0 Å². The summed E-state index contributed by atoms with van der Waals surface area (Å²) >= 11 is 0.477. The number of rotatable bonds is 3. The van der Waals surface area contributed by atoms with E-state index in [9.17, 15) is 27.1 Å². The molecule has 10 heteroatoms. The molecule has 3 rings (SSSR count). The number of benzene rings is 2. The van der Waals surface area contributed by atoms with E-state index < -0.39 is 29.2 Å². The SMILES string of the molecule is COc1ccc2c(=O)c3c(O)cc(S(=O)(=O)C(F)(F)I)cc3oc2c1. The highest BCUT2D eigenvalue weighted by Gasteiger charge is 2.43. The first kappa shape index (κ1) is 17.9. The molecule has 0 aliphatic carbocycles. The van der Waals surface area contributed by atoms with Gasteiger partial charge >= 0.3 is 3.26 Å². The summed E-state index contributed by atoms with van der Waals surface area (Å²) in [4.78, 5) is 11.6. The average molecular weight is 482 g/mol. The van der Waals surface area contributed by atoms with Crippen LogP contribution in [0.3, 0.4) is 0 Å². The molecular formula is C15H9F2IO6S. The molecule has 25 heavy (non-hydrogen) atoms. The number of hydrogen-bond acceptors (Lipinski definition) is 6. The molecule has 6 nitrogen and oxygen atoms in total. The number of aromatic hydroxyl groups is 1. The fraction of sp³-hybridized carbons (Fsp3) is 0.133. The van der Waals surface area contributed by atoms with Gasteiger partial charge in [0, 0.05) is 34.7 Å². The monoisotopic (exact) mass is 482 g/mol. The topological polar surface area (TPSA) is 93.8 Å². The van der Waals surface area contributed by atoms with Gasteiger partial charge in [0.05, 0.1) is 17.4 Å². The van der Waals surface area contributed by atoms with E-state index in [1.165, 1.54) is 25.3 Å². The summed E-state index contributed by atoms with van der Waals surface area (Å²) in [5.74, 6) is -0.384. The maximum atomic E-state index is 13.4. The Morgan fingerprint density at radius 2 is 1.88 bits per heavy atom. The summed E-state index contributed by atoms with van der Waals surface area (Å²) in [7, 11) is -3.66. The number of halogens is 3. The largest absolute Gasteiger partial charge is 0.507 e. The van der Waals surface area contributed by atoms with Crippen molar-refractivity contribution in [2.45, 2.75) is 8.16 Å². The normalized spacial score (nSPS) is 12.6. The van der Waals surface area contributed by atoms with E-state index in [-0.39, 0.29) is 21.9 Å². The number of phenolic OH excluding ortho intramolecular Hbond substituents is 1. The molecule has 1 heterocycles. The molecule has 0 atom stereocenters. The van der Waals surface area contributed by atoms with Crippen LogP contribution in [0.1, 0.15) is 0 Å². The summed E-state index contributed by atoms with van der Waals surface area (Å²) in [6, 6.07) is 5.72. The second-order valence-electron chi connectivity index (χ2n) is 5.06. The number of phenols is 1. The van der Waals surface area contributed by atoms with Crippen LogP contribution in [0.25, 0.3) is 21.9 Å². The molecule has 0 aliphatic rings. The highest BCUT2D eigenvalue weighted by molar-refractivity contribution is 14.1. The molecule has 0 saturated carbocycles. The fourth-order valence-corrected chi connectivity index (χ4v) is 3.89. The van der Waals surface area contributed by atoms with E-state index >= 15 is 0 Å². The second-order valence-corrected chi connectivity index (χ2v) is 9.14. The maximum Gasteiger partial charge on any atom is 0.398 e. The molecule has 132 valence electrons. The number of sulfone groups is 1. The van der Waals surface area contributed by atoms with Crippen molar-refractivity contribution in [3.63, 3.8) is 0 Å². The quantitative estimate of drug-likeness (QED) is 0.350. The second kappa shape index (κ2) is 5.80. The van der Waals surface area contributed by atoms with Crippen LogP contribution >= 0.6 is 22.6 Å². The molecule has 0 unspecified atom stereocenters. The van der Waals surface area contributed by atoms with Crippen molar-refractivity contribution >= 4 is 54.4 Å². The van der Waals surface area contributed by atoms with Crippen molar-refractivity contribution < 1.29 is 31.5 Å². The van der Waals surface area contributed by atoms with Crippen LogP contribution < -0.4 is 10.2 Å². The van der Waals surface area contributed by atoms with Gasteiger partial charge < -0.3 is 14.3 Å². The van der Waals surface area contributed by atoms with E-state index in [0.29, 0.717) is 34.4 Å². The van der Waals surface area contributed by atoms with Gasteiger partial charge in [-0.3, -0.25) is 4.79 Å². The Morgan fingerprint density at radius 1 is 1.20 bits per heavy atom. The van der Waals surface area contributed by atoms with Gasteiger partial charge in [-0.05, 0) is 18.2 Å². The first-order chi connectivity index (χ1) is 11.6. The van der Waals surface area contributed by atoms with E-state index in [4.69, 9.17) is 9.15 Å². The van der Waals surface area contributed by atoms with Gasteiger partial charge in [0.25, 0.3) is 9.84 Å². The lowest BCUT2D eigenvalue weighted by Gasteiger charge is -2.11. The average Bonchev–Trinajstić information content (AvgIpc) is 2.52. The molecule has 0 spiro atoms. The highest BCUT2D eigenvalue weighted by atomic mass is 127. The van der Waals surface area contributed by atoms with Crippen molar-refractivity contribution in [1.82, 2.24) is 0 Å². The highest BCUT2D eigenvalue weighted by Crippen LogP contribution is 2.38. The third-order valence-electron chi connectivity index (χ3n) is 3.55. The summed E-state index contributed by atoms with van der Waals surface area (Å²) in [6.45, 7) is 0. The molecule has 0 fully saturated rings. The van der Waals surface area contributed by atoms with E-state index in [0.717, 1.165) is 6.07 Å². The molecule has 0 amide bonds. The summed E-state index contributed by atoms with van der Waals surface area (Å²) in [5.41, 5.74) is -0.890. The van der Waals surface area contributed by atoms with Crippen LogP contribution in [0.5, 0.6) is 11.5 Å². The van der Waals surface area contributed by atoms with Crippen LogP contribution in [0.2, 0.25) is 0 Å². The molecule has 0 saturated heterocycles. The fourth-order valence-electron chi connectivity index (χ4n) is 2.33. The van der Waals surface area contributed by atoms with Gasteiger partial charge in [-0.2, -0.15) is 8.78 Å². The van der Waals surface area contributed by atoms with Gasteiger partial charge in [0.1, 0.15) is 28.1 Å². The minimum atomic E-state index is -5.06. The molecule has 0 aliphatic heterocycles. The zero-order valence-corrected chi connectivity index (χ0v) is 15.4. The number of alkyl halides is 3. The van der Waals surface area contributed by atoms with Gasteiger partial charge in [0.15, 0.2) is 0 Å². The van der Waals surface area contributed by atoms with Crippen LogP contribution in [0.15, 0.2) is 44.4 Å². The zero-order valence-electron chi connectivity index (χ0n) is 12.4. The number of hydrogen-bond donors (Lipinski definition) is 1. The first-order valence-corrected chi connectivity index (χ1v) is 9.21. The van der Waals surface area contributed by atoms with Crippen molar-refractivity contribution in [3.05, 3.63) is 40.6 Å². The van der Waals surface area contributed by atoms with E-state index in [1.807, 2.05) is 0 Å². The minimum Gasteiger partial charge on any atom is -0.507 e. The predicted octanol–water partition coefficient (Wildman–Crippen LogP) is 3.42. The Labute approximate surface area is 153 Å². The van der Waals surface area contributed by atoms with Crippen molar-refractivity contribution in [1.29, 1.82) is 0 Å². The molecule has 3 aromatic rings. The van der Waals surface area contributed by atoms with Gasteiger partial charge in [0.2, 0.25) is 5.43 Å². The first-order valence-electron chi connectivity index (χ1n) is 6.65. The lowest BCUT2D eigenvalue weighted by atomic mass is 10.1. The van der Waals surface area contributed by atoms with Crippen LogP contribution in [-0.2, 0) is 9.84 Å². The molecule has 2 aromatic carbocycles. The Balaban J connectivity index is 2.42. The van der Waals surface area contributed by atoms with Gasteiger partial charge in [-0.15, -0.1) is 0 Å². The lowest BCUT2D eigenvalue weighted by molar-refractivity contribution is 0.215. The minimum absolute atomic E-state index is 0.0621.